The molecule has 4 atom stereocenters. The van der Waals surface area contributed by atoms with Gasteiger partial charge in [-0.2, -0.15) is 0 Å². The second-order valence-corrected chi connectivity index (χ2v) is 7.34. The van der Waals surface area contributed by atoms with Crippen LogP contribution in [0.3, 0.4) is 0 Å². The zero-order valence-corrected chi connectivity index (χ0v) is 15.4. The van der Waals surface area contributed by atoms with E-state index in [0.717, 1.165) is 0 Å². The molecule has 2 aromatic rings. The van der Waals surface area contributed by atoms with E-state index in [9.17, 15) is 9.59 Å². The Bertz CT molecular complexity index is 982. The number of aryl methyl sites for hydroxylation is 1. The Morgan fingerprint density at radius 3 is 2.82 bits per heavy atom. The van der Waals surface area contributed by atoms with E-state index in [-0.39, 0.29) is 11.8 Å². The van der Waals surface area contributed by atoms with Gasteiger partial charge in [0.1, 0.15) is 17.1 Å². The zero-order chi connectivity index (χ0) is 19.5. The van der Waals surface area contributed by atoms with Gasteiger partial charge in [0.05, 0.1) is 31.6 Å². The molecule has 2 amide bonds. The maximum atomic E-state index is 13.2. The molecule has 8 nitrogen and oxygen atoms in total. The predicted octanol–water partition coefficient (Wildman–Crippen LogP) is 1.92. The molecule has 1 N–H and O–H groups in total. The molecule has 0 saturated carbocycles. The quantitative estimate of drug-likeness (QED) is 0.814. The van der Waals surface area contributed by atoms with Crippen LogP contribution in [-0.4, -0.2) is 42.3 Å². The number of anilines is 2. The van der Waals surface area contributed by atoms with Crippen molar-refractivity contribution in [3.8, 4) is 5.75 Å². The van der Waals surface area contributed by atoms with Gasteiger partial charge in [0.15, 0.2) is 5.82 Å². The highest BCUT2D eigenvalue weighted by Gasteiger charge is 2.67. The minimum Gasteiger partial charge on any atom is -0.497 e. The van der Waals surface area contributed by atoms with E-state index in [1.807, 2.05) is 12.2 Å². The van der Waals surface area contributed by atoms with Crippen molar-refractivity contribution in [2.75, 3.05) is 23.9 Å². The van der Waals surface area contributed by atoms with Gasteiger partial charge in [-0.1, -0.05) is 17.3 Å². The van der Waals surface area contributed by atoms with Gasteiger partial charge >= 0.3 is 0 Å². The summed E-state index contributed by atoms with van der Waals surface area (Å²) < 4.78 is 16.3. The van der Waals surface area contributed by atoms with Crippen LogP contribution in [0.25, 0.3) is 0 Å². The second-order valence-electron chi connectivity index (χ2n) is 7.34. The Kier molecular flexibility index (Phi) is 3.60. The topological polar surface area (TPSA) is 93.9 Å². The summed E-state index contributed by atoms with van der Waals surface area (Å²) in [7, 11) is 1.58. The number of hydrogen-bond acceptors (Lipinski definition) is 6. The highest BCUT2D eigenvalue weighted by atomic mass is 16.5. The summed E-state index contributed by atoms with van der Waals surface area (Å²) in [6.07, 6.45) is 3.37. The van der Waals surface area contributed by atoms with Crippen molar-refractivity contribution in [1.29, 1.82) is 0 Å². The first-order valence-corrected chi connectivity index (χ1v) is 9.07. The molecule has 1 aromatic heterocycles. The fourth-order valence-corrected chi connectivity index (χ4v) is 4.37. The van der Waals surface area contributed by atoms with Gasteiger partial charge in [0.25, 0.3) is 0 Å². The Balaban J connectivity index is 1.41. The van der Waals surface area contributed by atoms with Crippen LogP contribution in [0.1, 0.15) is 5.76 Å². The molecule has 28 heavy (non-hydrogen) atoms. The van der Waals surface area contributed by atoms with Crippen LogP contribution in [0.5, 0.6) is 5.75 Å². The van der Waals surface area contributed by atoms with Crippen LogP contribution in [0.4, 0.5) is 11.5 Å². The van der Waals surface area contributed by atoms with Gasteiger partial charge in [-0.25, -0.2) is 0 Å². The Hall–Kier alpha value is -3.13. The second kappa shape index (κ2) is 5.93. The number of nitrogens with one attached hydrogen (secondary N) is 1. The third kappa shape index (κ3) is 2.37. The number of methoxy groups -OCH3 is 1. The molecule has 2 bridgehead atoms. The van der Waals surface area contributed by atoms with E-state index in [1.54, 1.807) is 49.3 Å². The molecular weight excluding hydrogens is 362 g/mol. The van der Waals surface area contributed by atoms with Crippen LogP contribution < -0.4 is 15.0 Å². The predicted molar refractivity (Wildman–Crippen MR) is 98.9 cm³/mol. The molecule has 4 heterocycles. The largest absolute Gasteiger partial charge is 0.497 e. The van der Waals surface area contributed by atoms with Crippen molar-refractivity contribution in [3.05, 3.63) is 48.2 Å². The summed E-state index contributed by atoms with van der Waals surface area (Å²) in [5, 5.41) is 6.84. The molecule has 144 valence electrons. The molecule has 0 radical (unpaired) electrons. The lowest BCUT2D eigenvalue weighted by molar-refractivity contribution is -0.128. The number of hydrogen-bond donors (Lipinski definition) is 1. The SMILES string of the molecule is COc1ccc(NC(=O)[C@@H]2[C@H]3C=C[C@@]4(CN(c5cc(C)on5)C(=O)[C@@H]24)O3)cc1. The average molecular weight is 381 g/mol. The van der Waals surface area contributed by atoms with E-state index in [0.29, 0.717) is 29.6 Å². The number of fused-ring (bicyclic) bond motifs is 1. The van der Waals surface area contributed by atoms with Crippen LogP contribution in [-0.2, 0) is 14.3 Å². The summed E-state index contributed by atoms with van der Waals surface area (Å²) in [5.41, 5.74) is -0.155. The minimum atomic E-state index is -0.795. The van der Waals surface area contributed by atoms with Crippen molar-refractivity contribution in [2.24, 2.45) is 11.8 Å². The number of ether oxygens (including phenoxy) is 2. The molecule has 2 saturated heterocycles. The van der Waals surface area contributed by atoms with Crippen molar-refractivity contribution in [1.82, 2.24) is 5.16 Å². The molecule has 3 aliphatic heterocycles. The van der Waals surface area contributed by atoms with Crippen LogP contribution in [0, 0.1) is 18.8 Å². The minimum absolute atomic E-state index is 0.171. The standard InChI is InChI=1S/C20H19N3O5/c1-11-9-15(22-28-11)23-10-20-8-7-14(27-20)16(17(20)19(23)25)18(24)21-12-3-5-13(26-2)6-4-12/h3-9,14,16-17H,10H2,1-2H3,(H,21,24)/t14-,16-,17-,20+/m1/s1. The van der Waals surface area contributed by atoms with Crippen LogP contribution in [0.2, 0.25) is 0 Å². The zero-order valence-electron chi connectivity index (χ0n) is 15.4. The average Bonchev–Trinajstić information content (AvgIpc) is 3.43. The molecule has 0 aliphatic carbocycles. The van der Waals surface area contributed by atoms with Gasteiger partial charge in [-0.3, -0.25) is 14.5 Å². The van der Waals surface area contributed by atoms with Gasteiger partial charge in [0.2, 0.25) is 11.8 Å². The molecular formula is C20H19N3O5. The lowest BCUT2D eigenvalue weighted by atomic mass is 9.77. The smallest absolute Gasteiger partial charge is 0.235 e. The van der Waals surface area contributed by atoms with E-state index in [1.165, 1.54) is 0 Å². The summed E-state index contributed by atoms with van der Waals surface area (Å²) >= 11 is 0. The fraction of sp³-hybridized carbons (Fsp3) is 0.350. The summed E-state index contributed by atoms with van der Waals surface area (Å²) in [6.45, 7) is 2.09. The summed E-state index contributed by atoms with van der Waals surface area (Å²) in [4.78, 5) is 27.7. The first-order chi connectivity index (χ1) is 13.5. The third-order valence-corrected chi connectivity index (χ3v) is 5.65. The lowest BCUT2D eigenvalue weighted by Crippen LogP contribution is -2.41. The summed E-state index contributed by atoms with van der Waals surface area (Å²) in [5.74, 6) is 0.170. The van der Waals surface area contributed by atoms with Crippen molar-refractivity contribution in [2.45, 2.75) is 18.6 Å². The van der Waals surface area contributed by atoms with Crippen LogP contribution in [0.15, 0.2) is 47.0 Å². The van der Waals surface area contributed by atoms with Crippen molar-refractivity contribution in [3.63, 3.8) is 0 Å². The highest BCUT2D eigenvalue weighted by Crippen LogP contribution is 2.52. The molecule has 1 aromatic carbocycles. The van der Waals surface area contributed by atoms with E-state index >= 15 is 0 Å². The van der Waals surface area contributed by atoms with E-state index in [2.05, 4.69) is 10.5 Å². The lowest BCUT2D eigenvalue weighted by Gasteiger charge is -2.23. The number of nitrogens with zero attached hydrogens (tertiary/aromatic N) is 2. The molecule has 8 heteroatoms. The first kappa shape index (κ1) is 17.0. The van der Waals surface area contributed by atoms with E-state index in [4.69, 9.17) is 14.0 Å². The number of rotatable bonds is 4. The molecule has 5 rings (SSSR count). The fourth-order valence-electron chi connectivity index (χ4n) is 4.37. The molecule has 2 fully saturated rings. The van der Waals surface area contributed by atoms with Gasteiger partial charge in [0, 0.05) is 11.8 Å². The first-order valence-electron chi connectivity index (χ1n) is 9.07. The van der Waals surface area contributed by atoms with Crippen molar-refractivity contribution >= 4 is 23.3 Å². The molecule has 3 aliphatic rings. The number of aromatic nitrogens is 1. The van der Waals surface area contributed by atoms with Gasteiger partial charge in [-0.05, 0) is 31.2 Å². The molecule has 1 spiro atoms. The maximum Gasteiger partial charge on any atom is 0.235 e. The Morgan fingerprint density at radius 1 is 1.36 bits per heavy atom. The monoisotopic (exact) mass is 381 g/mol. The molecule has 0 unspecified atom stereocenters. The van der Waals surface area contributed by atoms with Crippen LogP contribution >= 0.6 is 0 Å². The number of carbonyl (C=O) groups is 2. The number of amides is 2. The summed E-state index contributed by atoms with van der Waals surface area (Å²) in [6, 6.07) is 8.76. The third-order valence-electron chi connectivity index (χ3n) is 5.65. The number of carbonyl (C=O) groups excluding carboxylic acids is 2. The number of benzene rings is 1. The Morgan fingerprint density at radius 2 is 2.14 bits per heavy atom. The maximum absolute atomic E-state index is 13.2. The van der Waals surface area contributed by atoms with Gasteiger partial charge in [-0.15, -0.1) is 0 Å². The van der Waals surface area contributed by atoms with E-state index < -0.39 is 23.5 Å². The van der Waals surface area contributed by atoms with Crippen molar-refractivity contribution < 1.29 is 23.6 Å². The Labute approximate surface area is 161 Å². The van der Waals surface area contributed by atoms with Gasteiger partial charge < -0.3 is 19.3 Å². The highest BCUT2D eigenvalue weighted by molar-refractivity contribution is 6.05. The normalized spacial score (nSPS) is 30.0.